The third-order valence-corrected chi connectivity index (χ3v) is 2.71. The van der Waals surface area contributed by atoms with Gasteiger partial charge in [0.25, 0.3) is 0 Å². The molecule has 1 aliphatic rings. The highest BCUT2D eigenvalue weighted by molar-refractivity contribution is 5.32. The summed E-state index contributed by atoms with van der Waals surface area (Å²) in [6.45, 7) is 0. The van der Waals surface area contributed by atoms with E-state index in [4.69, 9.17) is 5.73 Å². The van der Waals surface area contributed by atoms with Crippen LogP contribution < -0.4 is 5.73 Å². The highest BCUT2D eigenvalue weighted by Crippen LogP contribution is 2.57. The molecule has 14 heavy (non-hydrogen) atoms. The largest absolute Gasteiger partial charge is 0.393 e. The Morgan fingerprint density at radius 2 is 1.79 bits per heavy atom. The molecule has 0 saturated heterocycles. The fraction of sp³-hybridized carbons (Fsp3) is 0.400. The minimum Gasteiger partial charge on any atom is -0.321 e. The Morgan fingerprint density at radius 1 is 1.21 bits per heavy atom. The minimum absolute atomic E-state index is 0.000509. The summed E-state index contributed by atoms with van der Waals surface area (Å²) in [4.78, 5) is 0. The fourth-order valence-corrected chi connectivity index (χ4v) is 1.75. The van der Waals surface area contributed by atoms with Crippen LogP contribution in [0.4, 0.5) is 13.2 Å². The molecule has 1 saturated carbocycles. The van der Waals surface area contributed by atoms with E-state index in [1.165, 1.54) is 0 Å². The summed E-state index contributed by atoms with van der Waals surface area (Å²) >= 11 is 0. The van der Waals surface area contributed by atoms with E-state index in [0.29, 0.717) is 5.56 Å². The molecule has 1 aliphatic carbocycles. The van der Waals surface area contributed by atoms with Crippen molar-refractivity contribution in [2.24, 2.45) is 11.7 Å². The standard InChI is InChI=1S/C10H10F3N/c11-10(12,13)8-6-9(8,14)7-4-2-1-3-5-7/h1-5,8H,6,14H2/t8-,9-/m0/s1. The predicted octanol–water partition coefficient (Wildman–Crippen LogP) is 2.42. The first-order valence-corrected chi connectivity index (χ1v) is 4.36. The summed E-state index contributed by atoms with van der Waals surface area (Å²) in [6.07, 6.45) is -4.18. The molecule has 0 spiro atoms. The van der Waals surface area contributed by atoms with Gasteiger partial charge >= 0.3 is 6.18 Å². The van der Waals surface area contributed by atoms with E-state index in [9.17, 15) is 13.2 Å². The van der Waals surface area contributed by atoms with Crippen molar-refractivity contribution < 1.29 is 13.2 Å². The van der Waals surface area contributed by atoms with Gasteiger partial charge < -0.3 is 5.73 Å². The lowest BCUT2D eigenvalue weighted by Gasteiger charge is -2.13. The molecule has 0 bridgehead atoms. The summed E-state index contributed by atoms with van der Waals surface area (Å²) in [7, 11) is 0. The highest BCUT2D eigenvalue weighted by Gasteiger charge is 2.65. The van der Waals surface area contributed by atoms with Crippen molar-refractivity contribution in [2.75, 3.05) is 0 Å². The van der Waals surface area contributed by atoms with E-state index in [1.54, 1.807) is 30.3 Å². The van der Waals surface area contributed by atoms with Crippen LogP contribution in [0, 0.1) is 5.92 Å². The summed E-state index contributed by atoms with van der Waals surface area (Å²) in [6, 6.07) is 8.46. The van der Waals surface area contributed by atoms with Crippen LogP contribution in [0.25, 0.3) is 0 Å². The van der Waals surface area contributed by atoms with Crippen molar-refractivity contribution in [3.63, 3.8) is 0 Å². The number of hydrogen-bond acceptors (Lipinski definition) is 1. The molecule has 2 atom stereocenters. The van der Waals surface area contributed by atoms with E-state index in [1.807, 2.05) is 0 Å². The van der Waals surface area contributed by atoms with Crippen LogP contribution in [0.1, 0.15) is 12.0 Å². The third-order valence-electron chi connectivity index (χ3n) is 2.71. The van der Waals surface area contributed by atoms with Gasteiger partial charge in [0.1, 0.15) is 0 Å². The third kappa shape index (κ3) is 1.39. The molecule has 0 aromatic heterocycles. The molecule has 0 amide bonds. The zero-order valence-corrected chi connectivity index (χ0v) is 7.38. The molecular formula is C10H10F3N. The summed E-state index contributed by atoms with van der Waals surface area (Å²) in [5.74, 6) is -1.38. The molecule has 1 nitrogen and oxygen atoms in total. The van der Waals surface area contributed by atoms with Gasteiger partial charge in [-0.2, -0.15) is 13.2 Å². The zero-order valence-electron chi connectivity index (χ0n) is 7.38. The average molecular weight is 201 g/mol. The molecule has 0 unspecified atom stereocenters. The Labute approximate surface area is 79.7 Å². The van der Waals surface area contributed by atoms with Crippen molar-refractivity contribution in [3.8, 4) is 0 Å². The average Bonchev–Trinajstić information content (AvgIpc) is 2.81. The molecule has 2 N–H and O–H groups in total. The number of benzene rings is 1. The SMILES string of the molecule is N[C@]1(c2ccccc2)C[C@@H]1C(F)(F)F. The van der Waals surface area contributed by atoms with Crippen LogP contribution in [0.3, 0.4) is 0 Å². The molecule has 0 heterocycles. The highest BCUT2D eigenvalue weighted by atomic mass is 19.4. The van der Waals surface area contributed by atoms with E-state index >= 15 is 0 Å². The normalized spacial score (nSPS) is 31.6. The monoisotopic (exact) mass is 201 g/mol. The van der Waals surface area contributed by atoms with Crippen LogP contribution >= 0.6 is 0 Å². The fourth-order valence-electron chi connectivity index (χ4n) is 1.75. The lowest BCUT2D eigenvalue weighted by molar-refractivity contribution is -0.152. The van der Waals surface area contributed by atoms with Crippen molar-refractivity contribution in [2.45, 2.75) is 18.1 Å². The molecule has 76 valence electrons. The van der Waals surface area contributed by atoms with Gasteiger partial charge in [0, 0.05) is 0 Å². The van der Waals surface area contributed by atoms with Crippen LogP contribution in [0.2, 0.25) is 0 Å². The molecule has 1 fully saturated rings. The topological polar surface area (TPSA) is 26.0 Å². The molecule has 2 rings (SSSR count). The van der Waals surface area contributed by atoms with Gasteiger partial charge in [-0.25, -0.2) is 0 Å². The van der Waals surface area contributed by atoms with E-state index in [2.05, 4.69) is 0 Å². The predicted molar refractivity (Wildman–Crippen MR) is 46.5 cm³/mol. The molecule has 4 heteroatoms. The first kappa shape index (κ1) is 9.52. The maximum atomic E-state index is 12.3. The smallest absolute Gasteiger partial charge is 0.321 e. The number of hydrogen-bond donors (Lipinski definition) is 1. The van der Waals surface area contributed by atoms with Crippen molar-refractivity contribution in [1.29, 1.82) is 0 Å². The van der Waals surface area contributed by atoms with Gasteiger partial charge in [-0.05, 0) is 12.0 Å². The number of alkyl halides is 3. The number of halogens is 3. The van der Waals surface area contributed by atoms with Crippen molar-refractivity contribution >= 4 is 0 Å². The van der Waals surface area contributed by atoms with E-state index in [0.717, 1.165) is 0 Å². The van der Waals surface area contributed by atoms with Crippen LogP contribution in [0.5, 0.6) is 0 Å². The van der Waals surface area contributed by atoms with Crippen LogP contribution in [-0.4, -0.2) is 6.18 Å². The van der Waals surface area contributed by atoms with Gasteiger partial charge in [-0.15, -0.1) is 0 Å². The Bertz CT molecular complexity index is 333. The van der Waals surface area contributed by atoms with Crippen LogP contribution in [0.15, 0.2) is 30.3 Å². The summed E-state index contributed by atoms with van der Waals surface area (Å²) < 4.78 is 37.0. The Morgan fingerprint density at radius 3 is 2.21 bits per heavy atom. The van der Waals surface area contributed by atoms with Crippen molar-refractivity contribution in [1.82, 2.24) is 0 Å². The summed E-state index contributed by atoms with van der Waals surface area (Å²) in [5.41, 5.74) is 5.07. The quantitative estimate of drug-likeness (QED) is 0.741. The molecule has 0 radical (unpaired) electrons. The minimum atomic E-state index is -4.18. The first-order chi connectivity index (χ1) is 6.44. The Hall–Kier alpha value is -1.03. The second kappa shape index (κ2) is 2.73. The Balaban J connectivity index is 2.23. The van der Waals surface area contributed by atoms with Gasteiger partial charge in [0.15, 0.2) is 0 Å². The van der Waals surface area contributed by atoms with E-state index in [-0.39, 0.29) is 6.42 Å². The van der Waals surface area contributed by atoms with Crippen molar-refractivity contribution in [3.05, 3.63) is 35.9 Å². The van der Waals surface area contributed by atoms with Gasteiger partial charge in [0.2, 0.25) is 0 Å². The molecule has 1 aromatic carbocycles. The number of rotatable bonds is 1. The first-order valence-electron chi connectivity index (χ1n) is 4.36. The maximum Gasteiger partial charge on any atom is 0.393 e. The molecule has 1 aromatic rings. The zero-order chi connectivity index (χ0) is 10.4. The second-order valence-electron chi connectivity index (χ2n) is 3.70. The van der Waals surface area contributed by atoms with Gasteiger partial charge in [-0.3, -0.25) is 0 Å². The Kier molecular flexibility index (Phi) is 1.86. The lowest BCUT2D eigenvalue weighted by atomic mass is 10.0. The van der Waals surface area contributed by atoms with E-state index < -0.39 is 17.6 Å². The van der Waals surface area contributed by atoms with Gasteiger partial charge in [-0.1, -0.05) is 30.3 Å². The maximum absolute atomic E-state index is 12.3. The lowest BCUT2D eigenvalue weighted by Crippen LogP contribution is -2.28. The summed E-state index contributed by atoms with van der Waals surface area (Å²) in [5, 5.41) is 0. The van der Waals surface area contributed by atoms with Gasteiger partial charge in [0.05, 0.1) is 11.5 Å². The molecule has 0 aliphatic heterocycles. The second-order valence-corrected chi connectivity index (χ2v) is 3.70. The number of nitrogens with two attached hydrogens (primary N) is 1. The molecular weight excluding hydrogens is 191 g/mol. The van der Waals surface area contributed by atoms with Crippen LogP contribution in [-0.2, 0) is 5.54 Å².